The summed E-state index contributed by atoms with van der Waals surface area (Å²) in [5, 5.41) is 6.60. The second-order valence-electron chi connectivity index (χ2n) is 6.07. The lowest BCUT2D eigenvalue weighted by atomic mass is 9.80. The number of hydrogen-bond acceptors (Lipinski definition) is 7. The predicted octanol–water partition coefficient (Wildman–Crippen LogP) is 3.22. The molecule has 0 unspecified atom stereocenters. The second kappa shape index (κ2) is 7.57. The highest BCUT2D eigenvalue weighted by Crippen LogP contribution is 2.35. The van der Waals surface area contributed by atoms with E-state index in [2.05, 4.69) is 20.6 Å². The molecule has 1 aliphatic carbocycles. The maximum absolute atomic E-state index is 5.62. The third kappa shape index (κ3) is 3.93. The van der Waals surface area contributed by atoms with E-state index in [9.17, 15) is 0 Å². The van der Waals surface area contributed by atoms with Crippen LogP contribution in [0.5, 0.6) is 11.5 Å². The molecular weight excluding hydrogens is 320 g/mol. The molecule has 1 heterocycles. The molecule has 1 saturated carbocycles. The summed E-state index contributed by atoms with van der Waals surface area (Å²) in [6, 6.07) is 7.44. The fraction of sp³-hybridized carbons (Fsp3) is 0.444. The number of ether oxygens (including phenoxy) is 3. The van der Waals surface area contributed by atoms with Gasteiger partial charge in [-0.15, -0.1) is 0 Å². The molecule has 2 aromatic rings. The van der Waals surface area contributed by atoms with E-state index >= 15 is 0 Å². The molecule has 0 radical (unpaired) electrons. The Morgan fingerprint density at radius 3 is 2.48 bits per heavy atom. The zero-order chi connectivity index (χ0) is 17.7. The quantitative estimate of drug-likeness (QED) is 0.761. The summed E-state index contributed by atoms with van der Waals surface area (Å²) in [4.78, 5) is 8.55. The van der Waals surface area contributed by atoms with Crippen molar-refractivity contribution in [2.45, 2.75) is 24.9 Å². The third-order valence-electron chi connectivity index (χ3n) is 4.63. The van der Waals surface area contributed by atoms with Gasteiger partial charge in [-0.1, -0.05) is 0 Å². The molecule has 1 aliphatic rings. The molecule has 0 saturated heterocycles. The predicted molar refractivity (Wildman–Crippen MR) is 96.9 cm³/mol. The first kappa shape index (κ1) is 17.3. The number of nitrogens with zero attached hydrogens (tertiary/aromatic N) is 2. The van der Waals surface area contributed by atoms with Gasteiger partial charge in [0.15, 0.2) is 0 Å². The summed E-state index contributed by atoms with van der Waals surface area (Å²) in [6.07, 6.45) is 4.90. The van der Waals surface area contributed by atoms with E-state index in [-0.39, 0.29) is 5.60 Å². The summed E-state index contributed by atoms with van der Waals surface area (Å²) in [5.74, 6) is 2.85. The van der Waals surface area contributed by atoms with Crippen molar-refractivity contribution < 1.29 is 14.2 Å². The zero-order valence-electron chi connectivity index (χ0n) is 14.8. The Bertz CT molecular complexity index is 714. The standard InChI is InChI=1S/C18H24N4O3/c1-23-13-5-6-14(15(9-13)24-2)22-17-10-16(20-12-21-17)19-11-18(25-3)7-4-8-18/h5-6,9-10,12H,4,7-8,11H2,1-3H3,(H2,19,20,21,22). The molecule has 2 N–H and O–H groups in total. The van der Waals surface area contributed by atoms with Gasteiger partial charge in [0.1, 0.15) is 29.5 Å². The van der Waals surface area contributed by atoms with E-state index in [1.54, 1.807) is 21.3 Å². The Morgan fingerprint density at radius 2 is 1.84 bits per heavy atom. The van der Waals surface area contributed by atoms with E-state index < -0.39 is 0 Å². The van der Waals surface area contributed by atoms with Crippen LogP contribution in [-0.4, -0.2) is 43.4 Å². The lowest BCUT2D eigenvalue weighted by Gasteiger charge is -2.40. The molecule has 0 amide bonds. The first-order valence-corrected chi connectivity index (χ1v) is 8.28. The summed E-state index contributed by atoms with van der Waals surface area (Å²) >= 11 is 0. The van der Waals surface area contributed by atoms with Crippen molar-refractivity contribution >= 4 is 17.3 Å². The third-order valence-corrected chi connectivity index (χ3v) is 4.63. The average Bonchev–Trinajstić information content (AvgIpc) is 2.62. The topological polar surface area (TPSA) is 77.5 Å². The van der Waals surface area contributed by atoms with Gasteiger partial charge in [0.05, 0.1) is 25.5 Å². The van der Waals surface area contributed by atoms with Gasteiger partial charge in [0, 0.05) is 25.8 Å². The van der Waals surface area contributed by atoms with Crippen molar-refractivity contribution in [2.75, 3.05) is 38.5 Å². The number of methoxy groups -OCH3 is 3. The van der Waals surface area contributed by atoms with Crippen molar-refractivity contribution in [1.29, 1.82) is 0 Å². The molecule has 1 fully saturated rings. The number of hydrogen-bond donors (Lipinski definition) is 2. The highest BCUT2D eigenvalue weighted by molar-refractivity contribution is 5.66. The molecule has 0 atom stereocenters. The highest BCUT2D eigenvalue weighted by atomic mass is 16.5. The molecule has 134 valence electrons. The molecule has 0 aliphatic heterocycles. The minimum atomic E-state index is -0.0578. The first-order valence-electron chi connectivity index (χ1n) is 8.28. The minimum Gasteiger partial charge on any atom is -0.497 e. The SMILES string of the molecule is COc1ccc(Nc2cc(NCC3(OC)CCC3)ncn2)c(OC)c1. The van der Waals surface area contributed by atoms with E-state index in [0.29, 0.717) is 11.6 Å². The maximum Gasteiger partial charge on any atom is 0.146 e. The Hall–Kier alpha value is -2.54. The number of rotatable bonds is 8. The van der Waals surface area contributed by atoms with Crippen LogP contribution >= 0.6 is 0 Å². The minimum absolute atomic E-state index is 0.0578. The maximum atomic E-state index is 5.62. The van der Waals surface area contributed by atoms with Gasteiger partial charge in [-0.05, 0) is 31.4 Å². The zero-order valence-corrected chi connectivity index (χ0v) is 14.8. The smallest absolute Gasteiger partial charge is 0.146 e. The van der Waals surface area contributed by atoms with Gasteiger partial charge in [-0.25, -0.2) is 9.97 Å². The van der Waals surface area contributed by atoms with Crippen molar-refractivity contribution in [1.82, 2.24) is 9.97 Å². The largest absolute Gasteiger partial charge is 0.497 e. The molecular formula is C18H24N4O3. The van der Waals surface area contributed by atoms with Gasteiger partial charge in [0.25, 0.3) is 0 Å². The van der Waals surface area contributed by atoms with Gasteiger partial charge < -0.3 is 24.8 Å². The fourth-order valence-electron chi connectivity index (χ4n) is 2.84. The molecule has 7 nitrogen and oxygen atoms in total. The van der Waals surface area contributed by atoms with Crippen molar-refractivity contribution in [3.05, 3.63) is 30.6 Å². The Balaban J connectivity index is 1.69. The van der Waals surface area contributed by atoms with Crippen LogP contribution in [0.2, 0.25) is 0 Å². The van der Waals surface area contributed by atoms with Crippen molar-refractivity contribution in [3.63, 3.8) is 0 Å². The van der Waals surface area contributed by atoms with E-state index in [1.807, 2.05) is 24.3 Å². The number of nitrogens with one attached hydrogen (secondary N) is 2. The molecule has 0 bridgehead atoms. The van der Waals surface area contributed by atoms with Crippen LogP contribution in [0.4, 0.5) is 17.3 Å². The lowest BCUT2D eigenvalue weighted by Crippen LogP contribution is -2.45. The molecule has 1 aromatic carbocycles. The van der Waals surface area contributed by atoms with E-state index in [1.165, 1.54) is 12.7 Å². The fourth-order valence-corrected chi connectivity index (χ4v) is 2.84. The molecule has 1 aromatic heterocycles. The Labute approximate surface area is 147 Å². The van der Waals surface area contributed by atoms with Gasteiger partial charge in [0.2, 0.25) is 0 Å². The normalized spacial score (nSPS) is 15.2. The van der Waals surface area contributed by atoms with Gasteiger partial charge in [-0.3, -0.25) is 0 Å². The molecule has 3 rings (SSSR count). The van der Waals surface area contributed by atoms with E-state index in [4.69, 9.17) is 14.2 Å². The summed E-state index contributed by atoms with van der Waals surface area (Å²) in [5.41, 5.74) is 0.748. The summed E-state index contributed by atoms with van der Waals surface area (Å²) < 4.78 is 16.2. The molecule has 0 spiro atoms. The Morgan fingerprint density at radius 1 is 1.04 bits per heavy atom. The van der Waals surface area contributed by atoms with E-state index in [0.717, 1.165) is 36.6 Å². The summed E-state index contributed by atoms with van der Waals surface area (Å²) in [7, 11) is 5.01. The van der Waals surface area contributed by atoms with Gasteiger partial charge >= 0.3 is 0 Å². The second-order valence-corrected chi connectivity index (χ2v) is 6.07. The van der Waals surface area contributed by atoms with Crippen LogP contribution in [0, 0.1) is 0 Å². The highest BCUT2D eigenvalue weighted by Gasteiger charge is 2.36. The molecule has 7 heteroatoms. The average molecular weight is 344 g/mol. The van der Waals surface area contributed by atoms with Crippen molar-refractivity contribution in [2.24, 2.45) is 0 Å². The van der Waals surface area contributed by atoms with Crippen LogP contribution < -0.4 is 20.1 Å². The summed E-state index contributed by atoms with van der Waals surface area (Å²) in [6.45, 7) is 0.742. The number of benzene rings is 1. The number of aromatic nitrogens is 2. The number of anilines is 3. The van der Waals surface area contributed by atoms with Crippen LogP contribution in [0.15, 0.2) is 30.6 Å². The monoisotopic (exact) mass is 344 g/mol. The van der Waals surface area contributed by atoms with Crippen LogP contribution in [-0.2, 0) is 4.74 Å². The van der Waals surface area contributed by atoms with Crippen LogP contribution in [0.25, 0.3) is 0 Å². The van der Waals surface area contributed by atoms with Gasteiger partial charge in [-0.2, -0.15) is 0 Å². The van der Waals surface area contributed by atoms with Crippen LogP contribution in [0.3, 0.4) is 0 Å². The van der Waals surface area contributed by atoms with Crippen molar-refractivity contribution in [3.8, 4) is 11.5 Å². The van der Waals surface area contributed by atoms with Crippen LogP contribution in [0.1, 0.15) is 19.3 Å². The lowest BCUT2D eigenvalue weighted by molar-refractivity contribution is -0.0601. The molecule has 25 heavy (non-hydrogen) atoms. The first-order chi connectivity index (χ1) is 12.2. The Kier molecular flexibility index (Phi) is 5.23.